The third-order valence-electron chi connectivity index (χ3n) is 5.77. The molecule has 2 atom stereocenters. The molecule has 0 aliphatic rings. The largest absolute Gasteiger partial charge is 0.227 e. The van der Waals surface area contributed by atoms with Crippen LogP contribution in [0.2, 0.25) is 0 Å². The summed E-state index contributed by atoms with van der Waals surface area (Å²) in [4.78, 5) is 0. The van der Waals surface area contributed by atoms with Gasteiger partial charge in [0.25, 0.3) is 0 Å². The van der Waals surface area contributed by atoms with E-state index in [2.05, 4.69) is 77.0 Å². The molecule has 4 aromatic rings. The van der Waals surface area contributed by atoms with E-state index in [1.807, 2.05) is 109 Å². The molecule has 7 heteroatoms. The van der Waals surface area contributed by atoms with Crippen molar-refractivity contribution in [3.63, 3.8) is 0 Å². The quantitative estimate of drug-likeness (QED) is 0.166. The first-order valence-electron chi connectivity index (χ1n) is 11.3. The summed E-state index contributed by atoms with van der Waals surface area (Å²) in [5.74, 6) is 0. The van der Waals surface area contributed by atoms with Gasteiger partial charge in [0.1, 0.15) is 10.5 Å². The van der Waals surface area contributed by atoms with E-state index in [4.69, 9.17) is 0 Å². The summed E-state index contributed by atoms with van der Waals surface area (Å²) < 4.78 is 32.9. The Morgan fingerprint density at radius 1 is 0.541 bits per heavy atom. The Morgan fingerprint density at radius 3 is 1.19 bits per heavy atom. The van der Waals surface area contributed by atoms with E-state index >= 15 is 0 Å². The van der Waals surface area contributed by atoms with Crippen molar-refractivity contribution in [1.29, 1.82) is 0 Å². The van der Waals surface area contributed by atoms with Crippen LogP contribution in [0.15, 0.2) is 118 Å². The number of hydrogen-bond acceptors (Lipinski definition) is 2. The Labute approximate surface area is 262 Å². The van der Waals surface area contributed by atoms with Crippen molar-refractivity contribution in [2.24, 2.45) is 0 Å². The van der Waals surface area contributed by atoms with Crippen LogP contribution in [0.4, 0.5) is 0 Å². The third-order valence-corrected chi connectivity index (χ3v) is 10.5. The van der Waals surface area contributed by atoms with E-state index in [0.29, 0.717) is 0 Å². The Balaban J connectivity index is 1.81. The molecule has 37 heavy (non-hydrogen) atoms. The molecule has 0 saturated heterocycles. The molecule has 0 aliphatic carbocycles. The molecule has 188 valence electrons. The van der Waals surface area contributed by atoms with Gasteiger partial charge in [0.2, 0.25) is 0 Å². The Morgan fingerprint density at radius 2 is 0.865 bits per heavy atom. The lowest BCUT2D eigenvalue weighted by molar-refractivity contribution is 0.584. The zero-order valence-electron chi connectivity index (χ0n) is 19.4. The maximum Gasteiger partial charge on any atom is 0.171 e. The summed E-state index contributed by atoms with van der Waals surface area (Å²) in [6.07, 6.45) is 7.37. The maximum absolute atomic E-state index is 14.4. The van der Waals surface area contributed by atoms with Gasteiger partial charge in [-0.25, -0.2) is 8.42 Å². The smallest absolute Gasteiger partial charge is 0.171 e. The second-order valence-electron chi connectivity index (χ2n) is 8.35. The van der Waals surface area contributed by atoms with E-state index < -0.39 is 20.3 Å². The molecule has 0 aliphatic heterocycles. The van der Waals surface area contributed by atoms with Gasteiger partial charge < -0.3 is 0 Å². The van der Waals surface area contributed by atoms with Crippen molar-refractivity contribution >= 4 is 99.0 Å². The van der Waals surface area contributed by atoms with Gasteiger partial charge in [-0.05, 0) is 116 Å². The van der Waals surface area contributed by atoms with Crippen LogP contribution in [-0.2, 0) is 9.84 Å². The molecule has 0 fully saturated rings. The van der Waals surface area contributed by atoms with Crippen LogP contribution in [0, 0.1) is 7.14 Å². The Hall–Kier alpha value is -1.27. The molecule has 0 heterocycles. The van der Waals surface area contributed by atoms with Gasteiger partial charge in [-0.15, -0.1) is 0 Å². The normalized spacial score (nSPS) is 13.7. The minimum atomic E-state index is -3.75. The van der Waals surface area contributed by atoms with E-state index in [1.165, 1.54) is 0 Å². The van der Waals surface area contributed by atoms with Crippen molar-refractivity contribution in [3.05, 3.63) is 148 Å². The van der Waals surface area contributed by atoms with Crippen molar-refractivity contribution in [2.45, 2.75) is 10.5 Å². The van der Waals surface area contributed by atoms with Crippen LogP contribution in [0.25, 0.3) is 12.2 Å². The number of sulfone groups is 1. The lowest BCUT2D eigenvalue weighted by Gasteiger charge is -2.22. The minimum Gasteiger partial charge on any atom is -0.227 e. The summed E-state index contributed by atoms with van der Waals surface area (Å²) in [5.41, 5.74) is 3.35. The SMILES string of the molecule is O=S(=O)(C(C=Cc1ccc(Br)cc1)c1ccc(I)cc1)C(C=Cc1ccc(Br)cc1)c1ccc(I)cc1. The van der Waals surface area contributed by atoms with E-state index in [9.17, 15) is 8.42 Å². The van der Waals surface area contributed by atoms with Gasteiger partial charge in [0.15, 0.2) is 9.84 Å². The second-order valence-corrected chi connectivity index (χ2v) is 14.9. The van der Waals surface area contributed by atoms with Gasteiger partial charge in [-0.3, -0.25) is 0 Å². The minimum absolute atomic E-state index is 0.737. The lowest BCUT2D eigenvalue weighted by Crippen LogP contribution is -2.19. The molecule has 0 saturated carbocycles. The molecule has 0 amide bonds. The molecule has 0 N–H and O–H groups in total. The number of hydrogen-bond donors (Lipinski definition) is 0. The highest BCUT2D eigenvalue weighted by Gasteiger charge is 2.33. The van der Waals surface area contributed by atoms with Crippen molar-refractivity contribution in [2.75, 3.05) is 0 Å². The lowest BCUT2D eigenvalue weighted by atomic mass is 10.1. The first-order valence-corrected chi connectivity index (χ1v) is 16.7. The van der Waals surface area contributed by atoms with Crippen LogP contribution in [-0.4, -0.2) is 8.42 Å². The van der Waals surface area contributed by atoms with Crippen LogP contribution in [0.5, 0.6) is 0 Å². The second kappa shape index (κ2) is 13.2. The predicted octanol–water partition coefficient (Wildman–Crippen LogP) is 10.0. The zero-order valence-corrected chi connectivity index (χ0v) is 27.7. The van der Waals surface area contributed by atoms with E-state index in [-0.39, 0.29) is 0 Å². The van der Waals surface area contributed by atoms with Crippen molar-refractivity contribution < 1.29 is 8.42 Å². The molecular weight excluding hydrogens is 838 g/mol. The van der Waals surface area contributed by atoms with Gasteiger partial charge in [-0.2, -0.15) is 0 Å². The topological polar surface area (TPSA) is 34.1 Å². The summed E-state index contributed by atoms with van der Waals surface area (Å²) in [6, 6.07) is 31.0. The summed E-state index contributed by atoms with van der Waals surface area (Å²) in [5, 5.41) is -1.65. The molecule has 4 rings (SSSR count). The van der Waals surface area contributed by atoms with Crippen LogP contribution >= 0.6 is 77.0 Å². The molecule has 0 bridgehead atoms. The van der Waals surface area contributed by atoms with Gasteiger partial charge >= 0.3 is 0 Å². The van der Waals surface area contributed by atoms with Crippen LogP contribution in [0.1, 0.15) is 32.8 Å². The highest BCUT2D eigenvalue weighted by Crippen LogP contribution is 2.37. The van der Waals surface area contributed by atoms with Gasteiger partial charge in [0, 0.05) is 16.1 Å². The van der Waals surface area contributed by atoms with E-state index in [0.717, 1.165) is 38.3 Å². The highest BCUT2D eigenvalue weighted by atomic mass is 127. The maximum atomic E-state index is 14.4. The zero-order chi connectivity index (χ0) is 26.4. The average molecular weight is 860 g/mol. The fraction of sp³-hybridized carbons (Fsp3) is 0.0667. The molecule has 2 nitrogen and oxygen atoms in total. The van der Waals surface area contributed by atoms with Gasteiger partial charge in [-0.1, -0.05) is 105 Å². The molecule has 0 spiro atoms. The van der Waals surface area contributed by atoms with Crippen LogP contribution < -0.4 is 0 Å². The third kappa shape index (κ3) is 7.88. The molecular formula is C30H22Br2I2O2S. The van der Waals surface area contributed by atoms with Crippen LogP contribution in [0.3, 0.4) is 0 Å². The fourth-order valence-electron chi connectivity index (χ4n) is 3.83. The first kappa shape index (κ1) is 28.7. The first-order chi connectivity index (χ1) is 17.7. The standard InChI is InChI=1S/C30H22Br2I2O2S/c31-25-11-1-21(2-12-25)5-19-29(23-7-15-27(33)16-8-23)37(35,36)30(24-9-17-28(34)18-10-24)20-6-22-3-13-26(32)14-4-22/h1-20,29-30H. The van der Waals surface area contributed by atoms with E-state index in [1.54, 1.807) is 12.2 Å². The average Bonchev–Trinajstić information content (AvgIpc) is 2.88. The number of halogens is 4. The summed E-state index contributed by atoms with van der Waals surface area (Å²) in [6.45, 7) is 0. The molecule has 0 radical (unpaired) electrons. The summed E-state index contributed by atoms with van der Waals surface area (Å²) >= 11 is 11.4. The molecule has 2 unspecified atom stereocenters. The fourth-order valence-corrected chi connectivity index (χ4v) is 7.06. The Kier molecular flexibility index (Phi) is 10.2. The summed E-state index contributed by atoms with van der Waals surface area (Å²) in [7, 11) is -3.75. The van der Waals surface area contributed by atoms with Crippen molar-refractivity contribution in [3.8, 4) is 0 Å². The highest BCUT2D eigenvalue weighted by molar-refractivity contribution is 14.1. The number of rotatable bonds is 8. The molecule has 0 aromatic heterocycles. The monoisotopic (exact) mass is 858 g/mol. The predicted molar refractivity (Wildman–Crippen MR) is 179 cm³/mol. The molecule has 4 aromatic carbocycles. The Bertz CT molecular complexity index is 1390. The van der Waals surface area contributed by atoms with Crippen molar-refractivity contribution in [1.82, 2.24) is 0 Å². The number of benzene rings is 4. The van der Waals surface area contributed by atoms with Gasteiger partial charge in [0.05, 0.1) is 0 Å².